The third kappa shape index (κ3) is 22.7. The van der Waals surface area contributed by atoms with E-state index in [1.807, 2.05) is 20.8 Å². The molecule has 1 aromatic carbocycles. The molecule has 0 radical (unpaired) electrons. The topological polar surface area (TPSA) is 300 Å². The fraction of sp³-hybridized carbons (Fsp3) is 0.753. The van der Waals surface area contributed by atoms with Crippen molar-refractivity contribution in [1.29, 1.82) is 0 Å². The second-order valence-corrected chi connectivity index (χ2v) is 30.9. The van der Waals surface area contributed by atoms with E-state index in [0.717, 1.165) is 58.9 Å². The summed E-state index contributed by atoms with van der Waals surface area (Å²) in [6.07, 6.45) is 0.611. The van der Waals surface area contributed by atoms with Crippen molar-refractivity contribution >= 4 is 82.5 Å². The number of alkyl halides is 3. The zero-order valence-corrected chi connectivity index (χ0v) is 64.5. The molecule has 4 fully saturated rings. The van der Waals surface area contributed by atoms with Crippen molar-refractivity contribution in [2.45, 2.75) is 237 Å². The van der Waals surface area contributed by atoms with Crippen molar-refractivity contribution in [3.05, 3.63) is 34.3 Å². The molecule has 2 heterocycles. The summed E-state index contributed by atoms with van der Waals surface area (Å²) in [5, 5.41) is 18.5. The molecule has 2 saturated carbocycles. The number of likely N-dealkylation sites (N-methyl/N-ethyl adjacent to an activating group) is 7. The first-order valence-electron chi connectivity index (χ1n) is 36.5. The Labute approximate surface area is 611 Å². The fourth-order valence-electron chi connectivity index (χ4n) is 14.2. The molecule has 26 nitrogen and oxygen atoms in total. The number of halogens is 4. The fourth-order valence-corrected chi connectivity index (χ4v) is 14.6. The van der Waals surface area contributed by atoms with Crippen LogP contribution in [0.25, 0.3) is 0 Å². The highest BCUT2D eigenvalue weighted by atomic mass is 35.5. The van der Waals surface area contributed by atoms with Gasteiger partial charge in [-0.05, 0) is 107 Å². The lowest BCUT2D eigenvalue weighted by atomic mass is 9.84. The number of aryl methyl sites for hydroxylation is 1. The Bertz CT molecular complexity index is 3180. The number of nitrogens with zero attached hydrogens (tertiary/aromatic N) is 9. The first-order valence-corrected chi connectivity index (χ1v) is 36.8. The number of aliphatic hydroxyl groups is 1. The number of carbonyl (C=O) groups excluding carboxylic acids is 12. The van der Waals surface area contributed by atoms with Gasteiger partial charge in [0.25, 0.3) is 0 Å². The summed E-state index contributed by atoms with van der Waals surface area (Å²) in [4.78, 5) is 190. The summed E-state index contributed by atoms with van der Waals surface area (Å²) in [6, 6.07) is -7.19. The lowest BCUT2D eigenvalue weighted by Gasteiger charge is -2.45. The highest BCUT2D eigenvalue weighted by Crippen LogP contribution is 2.37. The van der Waals surface area contributed by atoms with E-state index in [1.165, 1.54) is 113 Å². The summed E-state index contributed by atoms with van der Waals surface area (Å²) in [5.74, 6) is -9.88. The zero-order chi connectivity index (χ0) is 77.5. The molecule has 2 aliphatic heterocycles. The molecule has 4 N–H and O–H groups in total. The summed E-state index contributed by atoms with van der Waals surface area (Å²) in [5.41, 5.74) is -3.89. The largest absolute Gasteiger partial charge is 0.417 e. The number of benzene rings is 1. The smallest absolute Gasteiger partial charge is 0.388 e. The van der Waals surface area contributed by atoms with Gasteiger partial charge in [0.1, 0.15) is 53.9 Å². The molecule has 0 aromatic heterocycles. The number of ether oxygens (including phenoxy) is 1. The lowest BCUT2D eigenvalue weighted by molar-refractivity contribution is -0.160. The molecule has 2 aliphatic carbocycles. The standard InChI is InChI=1S/C73H116ClF3N12O14/c1-18-45(5)60-68(99)83(13)47(7)63(94)89-34-31-53(89)67(98)85(15)55(39-48-25-21-20-22-26-48)66(97)82(12)41-57(90)78-52(30-28-49-27-29-50(51(74)38-49)73(75,76)77)64(95)88(35-36-103-43-71(8,9)102)42-58(91)80-72(32-23-24-33-72)70(101)87(17)61(46(6)19-2)69(100)86(16)56(65(96)81(10)11)40-59(92)84(14)54(37-44(3)4)62(93)79-60/h27,29,38,44-48,52-56,60-61,102H,18-26,28,30-37,39-43H2,1-17H3,(H,78,90)(H,79,93)(H,80,91)/t45-,46-,47-,52-,53?,54-,55-,56-,60-,61-/m0/s1. The summed E-state index contributed by atoms with van der Waals surface area (Å²) < 4.78 is 47.6. The van der Waals surface area contributed by atoms with Gasteiger partial charge in [0.2, 0.25) is 70.9 Å². The molecule has 2 saturated heterocycles. The van der Waals surface area contributed by atoms with Crippen LogP contribution in [0.1, 0.15) is 176 Å². The Morgan fingerprint density at radius 3 is 1.89 bits per heavy atom. The Morgan fingerprint density at radius 1 is 0.728 bits per heavy atom. The van der Waals surface area contributed by atoms with E-state index in [4.69, 9.17) is 16.3 Å². The van der Waals surface area contributed by atoms with Crippen LogP contribution in [0.3, 0.4) is 0 Å². The van der Waals surface area contributed by atoms with E-state index < -0.39 is 178 Å². The summed E-state index contributed by atoms with van der Waals surface area (Å²) in [7, 11) is 11.3. The van der Waals surface area contributed by atoms with Crippen molar-refractivity contribution in [2.24, 2.45) is 23.7 Å². The van der Waals surface area contributed by atoms with E-state index in [2.05, 4.69) is 16.0 Å². The molecular formula is C73H116ClF3N12O14. The molecule has 5 rings (SSSR count). The van der Waals surface area contributed by atoms with Gasteiger partial charge in [-0.2, -0.15) is 13.2 Å². The minimum absolute atomic E-state index is 0.0109. The van der Waals surface area contributed by atoms with Crippen molar-refractivity contribution < 1.29 is 80.5 Å². The van der Waals surface area contributed by atoms with E-state index >= 15 is 19.2 Å². The van der Waals surface area contributed by atoms with Gasteiger partial charge in [0.05, 0.1) is 48.9 Å². The van der Waals surface area contributed by atoms with Crippen LogP contribution >= 0.6 is 11.6 Å². The van der Waals surface area contributed by atoms with Gasteiger partial charge in [-0.25, -0.2) is 0 Å². The maximum atomic E-state index is 15.5. The minimum Gasteiger partial charge on any atom is -0.388 e. The van der Waals surface area contributed by atoms with Crippen LogP contribution in [0.2, 0.25) is 5.02 Å². The number of carbonyl (C=O) groups is 12. The molecule has 0 bridgehead atoms. The van der Waals surface area contributed by atoms with Gasteiger partial charge in [-0.3, -0.25) is 57.5 Å². The van der Waals surface area contributed by atoms with E-state index in [1.54, 1.807) is 20.8 Å². The molecule has 1 aromatic rings. The maximum absolute atomic E-state index is 15.5. The van der Waals surface area contributed by atoms with Crippen molar-refractivity contribution in [2.75, 3.05) is 95.8 Å². The number of rotatable bonds is 17. The first-order chi connectivity index (χ1) is 48.0. The molecule has 12 amide bonds. The lowest BCUT2D eigenvalue weighted by Crippen LogP contribution is -2.65. The van der Waals surface area contributed by atoms with Gasteiger partial charge in [-0.15, -0.1) is 0 Å². The average molecular weight is 1480 g/mol. The zero-order valence-electron chi connectivity index (χ0n) is 63.7. The van der Waals surface area contributed by atoms with E-state index in [0.29, 0.717) is 25.7 Å². The monoisotopic (exact) mass is 1480 g/mol. The molecule has 103 heavy (non-hydrogen) atoms. The van der Waals surface area contributed by atoms with Crippen LogP contribution in [0, 0.1) is 23.7 Å². The normalized spacial score (nSPS) is 25.6. The van der Waals surface area contributed by atoms with Crippen molar-refractivity contribution in [3.63, 3.8) is 0 Å². The predicted octanol–water partition coefficient (Wildman–Crippen LogP) is 5.12. The molecule has 30 heteroatoms. The molecule has 10 atom stereocenters. The van der Waals surface area contributed by atoms with Crippen LogP contribution in [0.4, 0.5) is 13.2 Å². The third-order valence-electron chi connectivity index (χ3n) is 21.3. The minimum atomic E-state index is -4.80. The van der Waals surface area contributed by atoms with Crippen molar-refractivity contribution in [3.8, 4) is 0 Å². The quantitative estimate of drug-likeness (QED) is 0.147. The third-order valence-corrected chi connectivity index (χ3v) is 21.6. The second kappa shape index (κ2) is 37.7. The number of nitrogens with one attached hydrogen (secondary N) is 3. The van der Waals surface area contributed by atoms with Crippen LogP contribution in [-0.2, 0) is 74.9 Å². The number of fused-ring (bicyclic) bond motifs is 1. The Morgan fingerprint density at radius 2 is 1.35 bits per heavy atom. The molecule has 4 aliphatic rings. The second-order valence-electron chi connectivity index (χ2n) is 30.5. The Balaban J connectivity index is 1.67. The van der Waals surface area contributed by atoms with Gasteiger partial charge in [0.15, 0.2) is 0 Å². The molecule has 1 unspecified atom stereocenters. The Kier molecular flexibility index (Phi) is 31.7. The summed E-state index contributed by atoms with van der Waals surface area (Å²) >= 11 is 6.17. The highest BCUT2D eigenvalue weighted by molar-refractivity contribution is 6.31. The van der Waals surface area contributed by atoms with E-state index in [9.17, 15) is 56.6 Å². The highest BCUT2D eigenvalue weighted by Gasteiger charge is 2.50. The van der Waals surface area contributed by atoms with Gasteiger partial charge in [0, 0.05) is 69.5 Å². The molecule has 580 valence electrons. The Hall–Kier alpha value is -7.14. The van der Waals surface area contributed by atoms with Crippen LogP contribution in [0.15, 0.2) is 18.2 Å². The number of hydrogen-bond acceptors (Lipinski definition) is 14. The van der Waals surface area contributed by atoms with Crippen LogP contribution in [-0.4, -0.2) is 275 Å². The average Bonchev–Trinajstić information content (AvgIpc) is 1.57. The van der Waals surface area contributed by atoms with Gasteiger partial charge in [-0.1, -0.05) is 117 Å². The summed E-state index contributed by atoms with van der Waals surface area (Å²) in [6.45, 7) is 13.1. The van der Waals surface area contributed by atoms with E-state index in [-0.39, 0.29) is 88.6 Å². The number of hydrogen-bond donors (Lipinski definition) is 4. The SMILES string of the molecule is CC[C@H](C)[C@@H]1NC(=O)[C@H](CC(C)C)N(C)C(=O)C[C@@H](C(=O)N(C)C)N(C)C(=O)[C@H]([C@@H](C)CC)N(C)C(=O)C2(CCCC2)NC(=O)CN(CCOCC(C)(C)O)C(=O)[C@H](CCc2ccc(C(F)(F)F)c(Cl)c2)NC(=O)CN(C)C(=O)[C@H](CC2CCCCC2)N(C)C(=O)C2CCN2C(=O)[C@H](C)N(C)C1=O. The van der Waals surface area contributed by atoms with Crippen LogP contribution in [0.5, 0.6) is 0 Å². The van der Waals surface area contributed by atoms with Crippen molar-refractivity contribution in [1.82, 2.24) is 60.0 Å². The predicted molar refractivity (Wildman–Crippen MR) is 381 cm³/mol. The molecule has 1 spiro atoms. The van der Waals surface area contributed by atoms with Crippen LogP contribution < -0.4 is 16.0 Å². The van der Waals surface area contributed by atoms with Gasteiger partial charge < -0.3 is 69.9 Å². The first kappa shape index (κ1) is 86.5. The van der Waals surface area contributed by atoms with Gasteiger partial charge >= 0.3 is 6.18 Å². The maximum Gasteiger partial charge on any atom is 0.417 e. The number of amides is 12. The molecular weight excluding hydrogens is 1360 g/mol.